The summed E-state index contributed by atoms with van der Waals surface area (Å²) in [6, 6.07) is 7.19. The molecule has 0 amide bonds. The van der Waals surface area contributed by atoms with E-state index in [2.05, 4.69) is 16.8 Å². The average molecular weight is 351 g/mol. The van der Waals surface area contributed by atoms with E-state index >= 15 is 0 Å². The smallest absolute Gasteiger partial charge is 0.243 e. The van der Waals surface area contributed by atoms with Gasteiger partial charge in [0.2, 0.25) is 10.0 Å². The predicted octanol–water partition coefficient (Wildman–Crippen LogP) is 3.63. The molecule has 1 fully saturated rings. The number of benzene rings is 1. The molecule has 1 aromatic heterocycles. The molecule has 6 heteroatoms. The minimum atomic E-state index is -3.42. The van der Waals surface area contributed by atoms with Crippen LogP contribution in [-0.4, -0.2) is 32.9 Å². The van der Waals surface area contributed by atoms with Crippen LogP contribution in [0.3, 0.4) is 0 Å². The van der Waals surface area contributed by atoms with Crippen molar-refractivity contribution in [2.45, 2.75) is 30.6 Å². The first kappa shape index (κ1) is 16.5. The Labute approximate surface area is 141 Å². The van der Waals surface area contributed by atoms with E-state index in [1.807, 2.05) is 6.92 Å². The summed E-state index contributed by atoms with van der Waals surface area (Å²) in [5.41, 5.74) is 2.18. The number of piperidine rings is 1. The summed E-state index contributed by atoms with van der Waals surface area (Å²) < 4.78 is 32.5. The van der Waals surface area contributed by atoms with Gasteiger partial charge in [-0.1, -0.05) is 0 Å². The quantitative estimate of drug-likeness (QED) is 0.845. The van der Waals surface area contributed by atoms with Gasteiger partial charge >= 0.3 is 0 Å². The van der Waals surface area contributed by atoms with Gasteiger partial charge in [0.15, 0.2) is 0 Å². The van der Waals surface area contributed by atoms with E-state index < -0.39 is 10.0 Å². The highest BCUT2D eigenvalue weighted by Gasteiger charge is 2.30. The predicted molar refractivity (Wildman–Crippen MR) is 92.8 cm³/mol. The zero-order chi connectivity index (χ0) is 16.4. The highest BCUT2D eigenvalue weighted by Crippen LogP contribution is 2.32. The van der Waals surface area contributed by atoms with Gasteiger partial charge in [-0.15, -0.1) is 0 Å². The maximum atomic E-state index is 12.8. The van der Waals surface area contributed by atoms with Crippen LogP contribution >= 0.6 is 11.3 Å². The van der Waals surface area contributed by atoms with Crippen LogP contribution in [-0.2, 0) is 10.0 Å². The zero-order valence-electron chi connectivity index (χ0n) is 13.4. The lowest BCUT2D eigenvalue weighted by atomic mass is 9.92. The molecule has 3 rings (SSSR count). The molecule has 1 aliphatic rings. The van der Waals surface area contributed by atoms with E-state index in [9.17, 15) is 8.42 Å². The maximum absolute atomic E-state index is 12.8. The summed E-state index contributed by atoms with van der Waals surface area (Å²) in [6.45, 7) is 3.02. The Morgan fingerprint density at radius 1 is 1.22 bits per heavy atom. The van der Waals surface area contributed by atoms with E-state index in [0.717, 1.165) is 18.4 Å². The Balaban J connectivity index is 1.75. The fourth-order valence-electron chi connectivity index (χ4n) is 3.10. The molecule has 0 unspecified atom stereocenters. The number of methoxy groups -OCH3 is 1. The summed E-state index contributed by atoms with van der Waals surface area (Å²) in [5, 5.41) is 4.25. The first-order chi connectivity index (χ1) is 11.0. The van der Waals surface area contributed by atoms with E-state index in [0.29, 0.717) is 29.7 Å². The van der Waals surface area contributed by atoms with E-state index in [-0.39, 0.29) is 0 Å². The third-order valence-corrected chi connectivity index (χ3v) is 7.07. The van der Waals surface area contributed by atoms with Crippen molar-refractivity contribution in [1.82, 2.24) is 4.31 Å². The Hall–Kier alpha value is -1.37. The van der Waals surface area contributed by atoms with Gasteiger partial charge in [0.25, 0.3) is 0 Å². The normalized spacial score (nSPS) is 17.3. The van der Waals surface area contributed by atoms with E-state index in [4.69, 9.17) is 4.74 Å². The first-order valence-electron chi connectivity index (χ1n) is 7.69. The monoisotopic (exact) mass is 351 g/mol. The highest BCUT2D eigenvalue weighted by atomic mass is 32.2. The molecule has 0 spiro atoms. The third-order valence-electron chi connectivity index (χ3n) is 4.47. The molecule has 0 N–H and O–H groups in total. The minimum absolute atomic E-state index is 0.352. The second-order valence-electron chi connectivity index (χ2n) is 5.87. The maximum Gasteiger partial charge on any atom is 0.243 e. The van der Waals surface area contributed by atoms with Crippen molar-refractivity contribution in [3.05, 3.63) is 46.2 Å². The topological polar surface area (TPSA) is 46.6 Å². The van der Waals surface area contributed by atoms with Crippen LogP contribution in [0.2, 0.25) is 0 Å². The molecule has 0 atom stereocenters. The second kappa shape index (κ2) is 6.63. The van der Waals surface area contributed by atoms with Crippen molar-refractivity contribution in [2.24, 2.45) is 0 Å². The van der Waals surface area contributed by atoms with Crippen LogP contribution in [0.25, 0.3) is 0 Å². The lowest BCUT2D eigenvalue weighted by molar-refractivity contribution is 0.319. The van der Waals surface area contributed by atoms with Gasteiger partial charge in [-0.25, -0.2) is 8.42 Å². The van der Waals surface area contributed by atoms with Crippen LogP contribution in [0.4, 0.5) is 0 Å². The molecule has 2 heterocycles. The van der Waals surface area contributed by atoms with Crippen molar-refractivity contribution in [2.75, 3.05) is 20.2 Å². The van der Waals surface area contributed by atoms with Gasteiger partial charge in [-0.3, -0.25) is 0 Å². The standard InChI is InChI=1S/C17H21NO3S2/c1-13-11-16(3-4-17(13)21-2)23(19,20)18-8-5-14(6-9-18)15-7-10-22-12-15/h3-4,7,10-12,14H,5-6,8-9H2,1-2H3. The summed E-state index contributed by atoms with van der Waals surface area (Å²) in [7, 11) is -1.83. The molecule has 1 aliphatic heterocycles. The van der Waals surface area contributed by atoms with Crippen molar-refractivity contribution in [1.29, 1.82) is 0 Å². The first-order valence-corrected chi connectivity index (χ1v) is 10.1. The van der Waals surface area contributed by atoms with Gasteiger partial charge in [0, 0.05) is 13.1 Å². The number of thiophene rings is 1. The molecular weight excluding hydrogens is 330 g/mol. The molecule has 1 aromatic carbocycles. The second-order valence-corrected chi connectivity index (χ2v) is 8.58. The molecule has 1 saturated heterocycles. The summed E-state index contributed by atoms with van der Waals surface area (Å²) in [6.07, 6.45) is 1.76. The van der Waals surface area contributed by atoms with Crippen molar-refractivity contribution < 1.29 is 13.2 Å². The molecule has 23 heavy (non-hydrogen) atoms. The lowest BCUT2D eigenvalue weighted by Crippen LogP contribution is -2.37. The van der Waals surface area contributed by atoms with Gasteiger partial charge in [0.1, 0.15) is 5.75 Å². The van der Waals surface area contributed by atoms with Crippen LogP contribution in [0.1, 0.15) is 29.9 Å². The molecule has 2 aromatic rings. The minimum Gasteiger partial charge on any atom is -0.496 e. The number of sulfonamides is 1. The zero-order valence-corrected chi connectivity index (χ0v) is 15.0. The molecule has 0 aliphatic carbocycles. The molecule has 0 bridgehead atoms. The number of hydrogen-bond donors (Lipinski definition) is 0. The van der Waals surface area contributed by atoms with Crippen LogP contribution in [0, 0.1) is 6.92 Å². The SMILES string of the molecule is COc1ccc(S(=O)(=O)N2CCC(c3ccsc3)CC2)cc1C. The molecule has 124 valence electrons. The van der Waals surface area contributed by atoms with E-state index in [1.165, 1.54) is 5.56 Å². The Kier molecular flexibility index (Phi) is 4.75. The molecule has 0 radical (unpaired) electrons. The molecule has 0 saturated carbocycles. The van der Waals surface area contributed by atoms with Crippen LogP contribution in [0.5, 0.6) is 5.75 Å². The Morgan fingerprint density at radius 3 is 2.52 bits per heavy atom. The molecular formula is C17H21NO3S2. The summed E-state index contributed by atoms with van der Waals surface area (Å²) in [5.74, 6) is 1.19. The fourth-order valence-corrected chi connectivity index (χ4v) is 5.40. The van der Waals surface area contributed by atoms with Crippen molar-refractivity contribution >= 4 is 21.4 Å². The third kappa shape index (κ3) is 3.29. The largest absolute Gasteiger partial charge is 0.496 e. The van der Waals surface area contributed by atoms with Crippen LogP contribution < -0.4 is 4.74 Å². The highest BCUT2D eigenvalue weighted by molar-refractivity contribution is 7.89. The summed E-state index contributed by atoms with van der Waals surface area (Å²) in [4.78, 5) is 0.352. The van der Waals surface area contributed by atoms with E-state index in [1.54, 1.807) is 41.0 Å². The lowest BCUT2D eigenvalue weighted by Gasteiger charge is -2.31. The Morgan fingerprint density at radius 2 is 1.96 bits per heavy atom. The van der Waals surface area contributed by atoms with Gasteiger partial charge in [0.05, 0.1) is 12.0 Å². The van der Waals surface area contributed by atoms with Crippen molar-refractivity contribution in [3.8, 4) is 5.75 Å². The molecule has 4 nitrogen and oxygen atoms in total. The fraction of sp³-hybridized carbons (Fsp3) is 0.412. The number of ether oxygens (including phenoxy) is 1. The van der Waals surface area contributed by atoms with Gasteiger partial charge in [-0.05, 0) is 71.8 Å². The number of rotatable bonds is 4. The number of nitrogens with zero attached hydrogens (tertiary/aromatic N) is 1. The number of hydrogen-bond acceptors (Lipinski definition) is 4. The van der Waals surface area contributed by atoms with Crippen molar-refractivity contribution in [3.63, 3.8) is 0 Å². The van der Waals surface area contributed by atoms with Gasteiger partial charge < -0.3 is 4.74 Å². The van der Waals surface area contributed by atoms with Crippen LogP contribution in [0.15, 0.2) is 39.9 Å². The number of aryl methyl sites for hydroxylation is 1. The van der Waals surface area contributed by atoms with Gasteiger partial charge in [-0.2, -0.15) is 15.6 Å². The Bertz CT molecular complexity index is 761. The average Bonchev–Trinajstić information content (AvgIpc) is 3.09. The summed E-state index contributed by atoms with van der Waals surface area (Å²) >= 11 is 1.70.